The summed E-state index contributed by atoms with van der Waals surface area (Å²) in [6, 6.07) is 12.7. The average Bonchev–Trinajstić information content (AvgIpc) is 2.34. The van der Waals surface area contributed by atoms with Gasteiger partial charge in [-0.2, -0.15) is 0 Å². The average molecular weight is 264 g/mol. The normalized spacial score (nSPS) is 10.6. The summed E-state index contributed by atoms with van der Waals surface area (Å²) in [7, 11) is 0. The molecule has 0 amide bonds. The molecule has 0 aliphatic carbocycles. The maximum atomic E-state index is 12.9. The molecule has 2 rings (SSSR count). The van der Waals surface area contributed by atoms with Gasteiger partial charge in [0.1, 0.15) is 5.82 Å². The Bertz CT molecular complexity index is 540. The van der Waals surface area contributed by atoms with Gasteiger partial charge in [0, 0.05) is 18.1 Å². The van der Waals surface area contributed by atoms with Crippen molar-refractivity contribution in [2.75, 3.05) is 0 Å². The monoisotopic (exact) mass is 263 g/mol. The summed E-state index contributed by atoms with van der Waals surface area (Å²) in [5.74, 6) is -0.303. The van der Waals surface area contributed by atoms with Gasteiger partial charge in [0.15, 0.2) is 0 Å². The Morgan fingerprint density at radius 1 is 1.06 bits per heavy atom. The highest BCUT2D eigenvalue weighted by Gasteiger charge is 2.02. The molecule has 0 atom stereocenters. The van der Waals surface area contributed by atoms with Crippen LogP contribution in [-0.4, -0.2) is 0 Å². The standard InChI is InChI=1S/C15H15ClFN/c1-11-4-2-3-5-12(11)9-18-10-13-6-7-14(17)8-15(13)16/h2-8,18H,9-10H2,1H3. The molecule has 0 radical (unpaired) electrons. The quantitative estimate of drug-likeness (QED) is 0.877. The van der Waals surface area contributed by atoms with E-state index in [4.69, 9.17) is 11.6 Å². The van der Waals surface area contributed by atoms with Gasteiger partial charge in [0.2, 0.25) is 0 Å². The molecule has 0 aromatic heterocycles. The van der Waals surface area contributed by atoms with Gasteiger partial charge in [-0.1, -0.05) is 41.9 Å². The molecule has 18 heavy (non-hydrogen) atoms. The summed E-state index contributed by atoms with van der Waals surface area (Å²) in [5.41, 5.74) is 3.43. The minimum Gasteiger partial charge on any atom is -0.309 e. The van der Waals surface area contributed by atoms with Crippen LogP contribution in [0.15, 0.2) is 42.5 Å². The van der Waals surface area contributed by atoms with E-state index in [2.05, 4.69) is 24.4 Å². The summed E-state index contributed by atoms with van der Waals surface area (Å²) in [4.78, 5) is 0. The fraction of sp³-hybridized carbons (Fsp3) is 0.200. The Balaban J connectivity index is 1.95. The van der Waals surface area contributed by atoms with Crippen molar-refractivity contribution in [3.8, 4) is 0 Å². The largest absolute Gasteiger partial charge is 0.309 e. The van der Waals surface area contributed by atoms with E-state index in [1.165, 1.54) is 23.3 Å². The number of hydrogen-bond acceptors (Lipinski definition) is 1. The van der Waals surface area contributed by atoms with E-state index in [-0.39, 0.29) is 5.82 Å². The lowest BCUT2D eigenvalue weighted by molar-refractivity contribution is 0.625. The minimum atomic E-state index is -0.303. The predicted octanol–water partition coefficient (Wildman–Crippen LogP) is 4.08. The van der Waals surface area contributed by atoms with Crippen LogP contribution >= 0.6 is 11.6 Å². The van der Waals surface area contributed by atoms with Crippen LogP contribution in [0.3, 0.4) is 0 Å². The van der Waals surface area contributed by atoms with Crippen LogP contribution in [0.1, 0.15) is 16.7 Å². The fourth-order valence-corrected chi connectivity index (χ4v) is 2.04. The molecule has 94 valence electrons. The smallest absolute Gasteiger partial charge is 0.124 e. The summed E-state index contributed by atoms with van der Waals surface area (Å²) < 4.78 is 12.9. The van der Waals surface area contributed by atoms with E-state index in [9.17, 15) is 4.39 Å². The first-order chi connectivity index (χ1) is 8.66. The third kappa shape index (κ3) is 3.31. The van der Waals surface area contributed by atoms with Crippen LogP contribution < -0.4 is 5.32 Å². The molecule has 0 aliphatic heterocycles. The molecule has 3 heteroatoms. The molecule has 1 nitrogen and oxygen atoms in total. The molecular weight excluding hydrogens is 249 g/mol. The number of benzene rings is 2. The van der Waals surface area contributed by atoms with Gasteiger partial charge in [0.05, 0.1) is 0 Å². The number of rotatable bonds is 4. The molecule has 1 N–H and O–H groups in total. The molecule has 0 unspecified atom stereocenters. The molecule has 0 fully saturated rings. The second-order valence-corrected chi connectivity index (χ2v) is 4.67. The predicted molar refractivity (Wildman–Crippen MR) is 73.1 cm³/mol. The summed E-state index contributed by atoms with van der Waals surface area (Å²) >= 11 is 5.96. The van der Waals surface area contributed by atoms with Crippen LogP contribution in [0.25, 0.3) is 0 Å². The third-order valence-electron chi connectivity index (χ3n) is 2.91. The van der Waals surface area contributed by atoms with Gasteiger partial charge < -0.3 is 5.32 Å². The first kappa shape index (κ1) is 13.1. The second-order valence-electron chi connectivity index (χ2n) is 4.27. The molecule has 0 aliphatic rings. The van der Waals surface area contributed by atoms with Crippen LogP contribution in [0.5, 0.6) is 0 Å². The summed E-state index contributed by atoms with van der Waals surface area (Å²) in [5, 5.41) is 3.78. The van der Waals surface area contributed by atoms with Gasteiger partial charge in [0.25, 0.3) is 0 Å². The first-order valence-electron chi connectivity index (χ1n) is 5.86. The lowest BCUT2D eigenvalue weighted by Gasteiger charge is -2.09. The van der Waals surface area contributed by atoms with E-state index in [1.54, 1.807) is 6.07 Å². The molecule has 0 spiro atoms. The van der Waals surface area contributed by atoms with Crippen molar-refractivity contribution in [2.24, 2.45) is 0 Å². The van der Waals surface area contributed by atoms with Gasteiger partial charge in [-0.3, -0.25) is 0 Å². The van der Waals surface area contributed by atoms with Crippen molar-refractivity contribution in [1.29, 1.82) is 0 Å². The van der Waals surface area contributed by atoms with E-state index < -0.39 is 0 Å². The maximum absolute atomic E-state index is 12.9. The Labute approximate surface area is 112 Å². The Morgan fingerprint density at radius 2 is 1.78 bits per heavy atom. The third-order valence-corrected chi connectivity index (χ3v) is 3.26. The number of aryl methyl sites for hydroxylation is 1. The van der Waals surface area contributed by atoms with Gasteiger partial charge in [-0.25, -0.2) is 4.39 Å². The lowest BCUT2D eigenvalue weighted by Crippen LogP contribution is -2.13. The van der Waals surface area contributed by atoms with Crippen molar-refractivity contribution < 1.29 is 4.39 Å². The molecule has 2 aromatic rings. The van der Waals surface area contributed by atoms with Crippen LogP contribution in [-0.2, 0) is 13.1 Å². The van der Waals surface area contributed by atoms with Crippen LogP contribution in [0.2, 0.25) is 5.02 Å². The van der Waals surface area contributed by atoms with E-state index in [0.717, 1.165) is 12.1 Å². The molecule has 0 saturated heterocycles. The topological polar surface area (TPSA) is 12.0 Å². The SMILES string of the molecule is Cc1ccccc1CNCc1ccc(F)cc1Cl. The zero-order chi connectivity index (χ0) is 13.0. The Morgan fingerprint density at radius 3 is 2.50 bits per heavy atom. The Kier molecular flexibility index (Phi) is 4.34. The van der Waals surface area contributed by atoms with Gasteiger partial charge >= 0.3 is 0 Å². The van der Waals surface area contributed by atoms with E-state index in [1.807, 2.05) is 12.1 Å². The van der Waals surface area contributed by atoms with Crippen molar-refractivity contribution in [3.05, 3.63) is 70.0 Å². The van der Waals surface area contributed by atoms with Crippen molar-refractivity contribution in [2.45, 2.75) is 20.0 Å². The van der Waals surface area contributed by atoms with Gasteiger partial charge in [-0.05, 0) is 35.7 Å². The molecule has 0 heterocycles. The summed E-state index contributed by atoms with van der Waals surface area (Å²) in [6.07, 6.45) is 0. The lowest BCUT2D eigenvalue weighted by atomic mass is 10.1. The van der Waals surface area contributed by atoms with Crippen molar-refractivity contribution in [3.63, 3.8) is 0 Å². The fourth-order valence-electron chi connectivity index (χ4n) is 1.81. The van der Waals surface area contributed by atoms with E-state index >= 15 is 0 Å². The zero-order valence-electron chi connectivity index (χ0n) is 10.2. The highest BCUT2D eigenvalue weighted by molar-refractivity contribution is 6.31. The molecule has 0 saturated carbocycles. The number of nitrogens with one attached hydrogen (secondary N) is 1. The first-order valence-corrected chi connectivity index (χ1v) is 6.24. The maximum Gasteiger partial charge on any atom is 0.124 e. The zero-order valence-corrected chi connectivity index (χ0v) is 11.0. The molecular formula is C15H15ClFN. The van der Waals surface area contributed by atoms with E-state index in [0.29, 0.717) is 11.6 Å². The van der Waals surface area contributed by atoms with Crippen LogP contribution in [0, 0.1) is 12.7 Å². The van der Waals surface area contributed by atoms with Crippen LogP contribution in [0.4, 0.5) is 4.39 Å². The number of hydrogen-bond donors (Lipinski definition) is 1. The Hall–Kier alpha value is -1.38. The molecule has 0 bridgehead atoms. The highest BCUT2D eigenvalue weighted by Crippen LogP contribution is 2.17. The minimum absolute atomic E-state index is 0.303. The van der Waals surface area contributed by atoms with Crippen molar-refractivity contribution >= 4 is 11.6 Å². The van der Waals surface area contributed by atoms with Crippen molar-refractivity contribution in [1.82, 2.24) is 5.32 Å². The molecule has 2 aromatic carbocycles. The summed E-state index contributed by atoms with van der Waals surface area (Å²) in [6.45, 7) is 3.50. The number of halogens is 2. The highest BCUT2D eigenvalue weighted by atomic mass is 35.5. The van der Waals surface area contributed by atoms with Gasteiger partial charge in [-0.15, -0.1) is 0 Å². The second kappa shape index (κ2) is 5.98.